The van der Waals surface area contributed by atoms with E-state index in [1.54, 1.807) is 0 Å². The van der Waals surface area contributed by atoms with Gasteiger partial charge in [0.15, 0.2) is 0 Å². The molecular formula is C15H25ClN2O. The van der Waals surface area contributed by atoms with Crippen LogP contribution in [0.15, 0.2) is 30.3 Å². The van der Waals surface area contributed by atoms with Gasteiger partial charge in [-0.1, -0.05) is 18.2 Å². The fraction of sp³-hybridized carbons (Fsp3) is 0.600. The number of para-hydroxylation sites is 1. The summed E-state index contributed by atoms with van der Waals surface area (Å²) in [6, 6.07) is 10.1. The molecule has 0 amide bonds. The Kier molecular flexibility index (Phi) is 7.87. The van der Waals surface area contributed by atoms with Gasteiger partial charge in [-0.05, 0) is 57.6 Å². The van der Waals surface area contributed by atoms with Crippen LogP contribution in [0.1, 0.15) is 12.8 Å². The number of piperidine rings is 1. The van der Waals surface area contributed by atoms with Gasteiger partial charge in [-0.15, -0.1) is 12.4 Å². The van der Waals surface area contributed by atoms with Crippen molar-refractivity contribution in [2.45, 2.75) is 12.8 Å². The molecule has 1 aliphatic rings. The van der Waals surface area contributed by atoms with Crippen LogP contribution >= 0.6 is 12.4 Å². The molecule has 0 spiro atoms. The van der Waals surface area contributed by atoms with Gasteiger partial charge in [0.05, 0.1) is 0 Å². The van der Waals surface area contributed by atoms with Gasteiger partial charge < -0.3 is 10.1 Å². The third-order valence-corrected chi connectivity index (χ3v) is 3.62. The highest BCUT2D eigenvalue weighted by Crippen LogP contribution is 2.16. The third kappa shape index (κ3) is 5.81. The first-order valence-corrected chi connectivity index (χ1v) is 6.93. The van der Waals surface area contributed by atoms with Crippen molar-refractivity contribution in [3.8, 4) is 5.75 Å². The van der Waals surface area contributed by atoms with Crippen LogP contribution in [0.4, 0.5) is 0 Å². The lowest BCUT2D eigenvalue weighted by atomic mass is 9.97. The molecule has 1 fully saturated rings. The number of likely N-dealkylation sites (tertiary alicyclic amines) is 1. The van der Waals surface area contributed by atoms with Crippen molar-refractivity contribution in [3.63, 3.8) is 0 Å². The molecule has 108 valence electrons. The maximum Gasteiger partial charge on any atom is 0.119 e. The normalized spacial score (nSPS) is 16.9. The number of benzene rings is 1. The van der Waals surface area contributed by atoms with Gasteiger partial charge in [-0.2, -0.15) is 0 Å². The van der Waals surface area contributed by atoms with Crippen LogP contribution in [0.2, 0.25) is 0 Å². The molecule has 0 radical (unpaired) electrons. The van der Waals surface area contributed by atoms with Gasteiger partial charge in [-0.3, -0.25) is 4.90 Å². The van der Waals surface area contributed by atoms with E-state index >= 15 is 0 Å². The molecule has 1 aromatic carbocycles. The highest BCUT2D eigenvalue weighted by Gasteiger charge is 2.17. The molecule has 0 aromatic heterocycles. The Hall–Kier alpha value is -0.770. The molecule has 4 heteroatoms. The Labute approximate surface area is 122 Å². The Morgan fingerprint density at radius 2 is 1.89 bits per heavy atom. The molecule has 1 aromatic rings. The van der Waals surface area contributed by atoms with Crippen molar-refractivity contribution in [2.24, 2.45) is 5.92 Å². The lowest BCUT2D eigenvalue weighted by Gasteiger charge is -2.31. The maximum atomic E-state index is 5.73. The Morgan fingerprint density at radius 1 is 1.21 bits per heavy atom. The Morgan fingerprint density at radius 3 is 2.53 bits per heavy atom. The molecule has 0 atom stereocenters. The maximum absolute atomic E-state index is 5.73. The van der Waals surface area contributed by atoms with Crippen LogP contribution in [0.25, 0.3) is 0 Å². The minimum atomic E-state index is 0. The average molecular weight is 285 g/mol. The lowest BCUT2D eigenvalue weighted by Crippen LogP contribution is -2.38. The summed E-state index contributed by atoms with van der Waals surface area (Å²) >= 11 is 0. The molecule has 3 nitrogen and oxygen atoms in total. The van der Waals surface area contributed by atoms with Crippen LogP contribution in [0, 0.1) is 5.92 Å². The van der Waals surface area contributed by atoms with Gasteiger partial charge in [0.2, 0.25) is 0 Å². The van der Waals surface area contributed by atoms with Crippen LogP contribution in [-0.2, 0) is 0 Å². The summed E-state index contributed by atoms with van der Waals surface area (Å²) in [6.45, 7) is 5.42. The standard InChI is InChI=1S/C15H24N2O.ClH/c1-16-13-14-7-9-17(10-8-14)11-12-18-15-5-3-2-4-6-15;/h2-6,14,16H,7-13H2,1H3;1H. The Balaban J connectivity index is 0.00000180. The lowest BCUT2D eigenvalue weighted by molar-refractivity contribution is 0.155. The van der Waals surface area contributed by atoms with E-state index in [-0.39, 0.29) is 12.4 Å². The van der Waals surface area contributed by atoms with Gasteiger partial charge in [0, 0.05) is 6.54 Å². The van der Waals surface area contributed by atoms with E-state index in [0.29, 0.717) is 0 Å². The number of hydrogen-bond acceptors (Lipinski definition) is 3. The van der Waals surface area contributed by atoms with Gasteiger partial charge in [0.1, 0.15) is 12.4 Å². The predicted molar refractivity (Wildman–Crippen MR) is 82.3 cm³/mol. The molecule has 1 saturated heterocycles. The highest BCUT2D eigenvalue weighted by molar-refractivity contribution is 5.85. The van der Waals surface area contributed by atoms with E-state index in [0.717, 1.165) is 31.4 Å². The van der Waals surface area contributed by atoms with Crippen molar-refractivity contribution >= 4 is 12.4 Å². The Bertz CT molecular complexity index is 326. The summed E-state index contributed by atoms with van der Waals surface area (Å²) in [5.74, 6) is 1.84. The van der Waals surface area contributed by atoms with Crippen molar-refractivity contribution < 1.29 is 4.74 Å². The van der Waals surface area contributed by atoms with Crippen LogP contribution in [0.5, 0.6) is 5.75 Å². The first kappa shape index (κ1) is 16.3. The summed E-state index contributed by atoms with van der Waals surface area (Å²) in [5, 5.41) is 3.27. The van der Waals surface area contributed by atoms with E-state index in [2.05, 4.69) is 10.2 Å². The zero-order valence-corrected chi connectivity index (χ0v) is 12.5. The summed E-state index contributed by atoms with van der Waals surface area (Å²) in [5.41, 5.74) is 0. The number of ether oxygens (including phenoxy) is 1. The number of nitrogens with one attached hydrogen (secondary N) is 1. The van der Waals surface area contributed by atoms with E-state index in [4.69, 9.17) is 4.74 Å². The van der Waals surface area contributed by atoms with Crippen molar-refractivity contribution in [1.82, 2.24) is 10.2 Å². The number of halogens is 1. The smallest absolute Gasteiger partial charge is 0.119 e. The summed E-state index contributed by atoms with van der Waals surface area (Å²) < 4.78 is 5.73. The fourth-order valence-electron chi connectivity index (χ4n) is 2.51. The van der Waals surface area contributed by atoms with E-state index in [9.17, 15) is 0 Å². The quantitative estimate of drug-likeness (QED) is 0.868. The largest absolute Gasteiger partial charge is 0.492 e. The molecule has 0 unspecified atom stereocenters. The van der Waals surface area contributed by atoms with Crippen molar-refractivity contribution in [3.05, 3.63) is 30.3 Å². The summed E-state index contributed by atoms with van der Waals surface area (Å²) in [4.78, 5) is 2.51. The first-order valence-electron chi connectivity index (χ1n) is 6.93. The minimum absolute atomic E-state index is 0. The van der Waals surface area contributed by atoms with Gasteiger partial charge >= 0.3 is 0 Å². The minimum Gasteiger partial charge on any atom is -0.492 e. The molecule has 2 rings (SSSR count). The van der Waals surface area contributed by atoms with Crippen LogP contribution < -0.4 is 10.1 Å². The van der Waals surface area contributed by atoms with Gasteiger partial charge in [0.25, 0.3) is 0 Å². The van der Waals surface area contributed by atoms with E-state index < -0.39 is 0 Å². The van der Waals surface area contributed by atoms with Crippen molar-refractivity contribution in [2.75, 3.05) is 39.8 Å². The summed E-state index contributed by atoms with van der Waals surface area (Å²) in [6.07, 6.45) is 2.62. The molecule has 19 heavy (non-hydrogen) atoms. The fourth-order valence-corrected chi connectivity index (χ4v) is 2.51. The molecular weight excluding hydrogens is 260 g/mol. The predicted octanol–water partition coefficient (Wildman–Crippen LogP) is 2.42. The zero-order chi connectivity index (χ0) is 12.6. The number of nitrogens with zero attached hydrogens (tertiary/aromatic N) is 1. The molecule has 0 saturated carbocycles. The first-order chi connectivity index (χ1) is 8.88. The highest BCUT2D eigenvalue weighted by atomic mass is 35.5. The monoisotopic (exact) mass is 284 g/mol. The van der Waals surface area contributed by atoms with Crippen LogP contribution in [0.3, 0.4) is 0 Å². The molecule has 0 aliphatic carbocycles. The molecule has 1 N–H and O–H groups in total. The molecule has 1 aliphatic heterocycles. The molecule has 0 bridgehead atoms. The topological polar surface area (TPSA) is 24.5 Å². The molecule has 1 heterocycles. The number of hydrogen-bond donors (Lipinski definition) is 1. The third-order valence-electron chi connectivity index (χ3n) is 3.62. The second-order valence-electron chi connectivity index (χ2n) is 5.00. The number of rotatable bonds is 6. The zero-order valence-electron chi connectivity index (χ0n) is 11.7. The van der Waals surface area contributed by atoms with E-state index in [1.165, 1.54) is 25.9 Å². The van der Waals surface area contributed by atoms with Gasteiger partial charge in [-0.25, -0.2) is 0 Å². The van der Waals surface area contributed by atoms with E-state index in [1.807, 2.05) is 37.4 Å². The SMILES string of the molecule is CNCC1CCN(CCOc2ccccc2)CC1.Cl. The van der Waals surface area contributed by atoms with Crippen LogP contribution in [-0.4, -0.2) is 44.7 Å². The average Bonchev–Trinajstić information content (AvgIpc) is 2.42. The second kappa shape index (κ2) is 9.18. The second-order valence-corrected chi connectivity index (χ2v) is 5.00. The van der Waals surface area contributed by atoms with Crippen molar-refractivity contribution in [1.29, 1.82) is 0 Å². The summed E-state index contributed by atoms with van der Waals surface area (Å²) in [7, 11) is 2.04.